The molecule has 21 heavy (non-hydrogen) atoms. The highest BCUT2D eigenvalue weighted by Crippen LogP contribution is 2.33. The van der Waals surface area contributed by atoms with E-state index in [9.17, 15) is 13.2 Å². The van der Waals surface area contributed by atoms with Crippen LogP contribution >= 0.6 is 0 Å². The molecule has 0 aromatic heterocycles. The smallest absolute Gasteiger partial charge is 0.382 e. The molecular weight excluding hydrogens is 277 g/mol. The van der Waals surface area contributed by atoms with Crippen molar-refractivity contribution in [2.45, 2.75) is 32.0 Å². The Balaban J connectivity index is 2.00. The van der Waals surface area contributed by atoms with Gasteiger partial charge in [0.25, 0.3) is 0 Å². The third-order valence-electron chi connectivity index (χ3n) is 3.82. The van der Waals surface area contributed by atoms with Crippen LogP contribution in [0.15, 0.2) is 18.2 Å². The molecule has 2 nitrogen and oxygen atoms in total. The summed E-state index contributed by atoms with van der Waals surface area (Å²) in [6, 6.07) is 4.61. The number of halogens is 3. The maximum Gasteiger partial charge on any atom is 0.416 e. The summed E-state index contributed by atoms with van der Waals surface area (Å²) in [5, 5.41) is 3.20. The van der Waals surface area contributed by atoms with Crippen molar-refractivity contribution in [2.24, 2.45) is 0 Å². The minimum absolute atomic E-state index is 0.197. The number of nitrogens with zero attached hydrogens (tertiary/aromatic N) is 1. The van der Waals surface area contributed by atoms with Crippen molar-refractivity contribution in [3.8, 4) is 12.3 Å². The van der Waals surface area contributed by atoms with Gasteiger partial charge in [0.05, 0.1) is 12.1 Å². The van der Waals surface area contributed by atoms with E-state index in [1.165, 1.54) is 19.1 Å². The number of terminal acetylenes is 1. The second-order valence-corrected chi connectivity index (χ2v) is 5.43. The third kappa shape index (κ3) is 4.15. The molecular formula is C16H19F3N2. The molecule has 5 heteroatoms. The van der Waals surface area contributed by atoms with Crippen molar-refractivity contribution in [1.82, 2.24) is 4.90 Å². The molecule has 0 amide bonds. The summed E-state index contributed by atoms with van der Waals surface area (Å²) in [4.78, 5) is 2.18. The lowest BCUT2D eigenvalue weighted by atomic mass is 10.0. The molecule has 1 aromatic rings. The summed E-state index contributed by atoms with van der Waals surface area (Å²) in [7, 11) is 0. The minimum atomic E-state index is -4.31. The standard InChI is InChI=1S/C16H19F3N2/c1-3-8-21-9-6-13(7-10-21)20-14-5-4-12(2)15(11-14)16(17,18)19/h1,4-5,11,13,20H,6-10H2,2H3. The Morgan fingerprint density at radius 1 is 1.33 bits per heavy atom. The maximum absolute atomic E-state index is 12.9. The summed E-state index contributed by atoms with van der Waals surface area (Å²) in [6.07, 6.45) is 2.74. The van der Waals surface area contributed by atoms with Gasteiger partial charge in [-0.1, -0.05) is 12.0 Å². The van der Waals surface area contributed by atoms with Crippen LogP contribution in [0.2, 0.25) is 0 Å². The molecule has 0 saturated carbocycles. The van der Waals surface area contributed by atoms with Crippen LogP contribution in [0.5, 0.6) is 0 Å². The van der Waals surface area contributed by atoms with E-state index >= 15 is 0 Å². The number of benzene rings is 1. The van der Waals surface area contributed by atoms with E-state index in [0.717, 1.165) is 25.9 Å². The van der Waals surface area contributed by atoms with Gasteiger partial charge in [0.15, 0.2) is 0 Å². The van der Waals surface area contributed by atoms with Crippen LogP contribution in [0.25, 0.3) is 0 Å². The van der Waals surface area contributed by atoms with E-state index in [2.05, 4.69) is 16.1 Å². The first-order chi connectivity index (χ1) is 9.90. The quantitative estimate of drug-likeness (QED) is 0.859. The number of aryl methyl sites for hydroxylation is 1. The molecule has 1 saturated heterocycles. The third-order valence-corrected chi connectivity index (χ3v) is 3.82. The van der Waals surface area contributed by atoms with Crippen LogP contribution in [0, 0.1) is 19.3 Å². The van der Waals surface area contributed by atoms with Crippen LogP contribution < -0.4 is 5.32 Å². The Labute approximate surface area is 123 Å². The Hall–Kier alpha value is -1.67. The summed E-state index contributed by atoms with van der Waals surface area (Å²) < 4.78 is 38.7. The normalized spacial score (nSPS) is 17.5. The van der Waals surface area contributed by atoms with E-state index in [0.29, 0.717) is 12.2 Å². The first-order valence-electron chi connectivity index (χ1n) is 7.00. The molecule has 1 aliphatic heterocycles. The molecule has 114 valence electrons. The average Bonchev–Trinajstić information content (AvgIpc) is 2.42. The number of anilines is 1. The molecule has 1 fully saturated rings. The lowest BCUT2D eigenvalue weighted by Crippen LogP contribution is -2.39. The molecule has 1 aliphatic rings. The molecule has 2 rings (SSSR count). The predicted molar refractivity (Wildman–Crippen MR) is 78.1 cm³/mol. The second kappa shape index (κ2) is 6.40. The van der Waals surface area contributed by atoms with E-state index in [1.54, 1.807) is 6.07 Å². The van der Waals surface area contributed by atoms with Crippen molar-refractivity contribution >= 4 is 5.69 Å². The molecule has 0 atom stereocenters. The lowest BCUT2D eigenvalue weighted by Gasteiger charge is -2.31. The number of rotatable bonds is 3. The fourth-order valence-electron chi connectivity index (χ4n) is 2.62. The van der Waals surface area contributed by atoms with Gasteiger partial charge in [-0.05, 0) is 37.5 Å². The molecule has 0 spiro atoms. The van der Waals surface area contributed by atoms with Gasteiger partial charge in [-0.25, -0.2) is 0 Å². The Bertz CT molecular complexity index is 523. The number of hydrogen-bond acceptors (Lipinski definition) is 2. The van der Waals surface area contributed by atoms with Gasteiger partial charge < -0.3 is 5.32 Å². The Kier molecular flexibility index (Phi) is 4.79. The first-order valence-corrected chi connectivity index (χ1v) is 7.00. The second-order valence-electron chi connectivity index (χ2n) is 5.43. The van der Waals surface area contributed by atoms with Crippen molar-refractivity contribution in [2.75, 3.05) is 25.0 Å². The molecule has 1 heterocycles. The van der Waals surface area contributed by atoms with Gasteiger partial charge >= 0.3 is 6.18 Å². The zero-order chi connectivity index (χ0) is 15.5. The zero-order valence-electron chi connectivity index (χ0n) is 12.0. The van der Waals surface area contributed by atoms with Gasteiger partial charge in [-0.15, -0.1) is 6.42 Å². The van der Waals surface area contributed by atoms with E-state index in [1.807, 2.05) is 0 Å². The Morgan fingerprint density at radius 2 is 2.00 bits per heavy atom. The zero-order valence-corrected chi connectivity index (χ0v) is 12.0. The van der Waals surface area contributed by atoms with Crippen LogP contribution in [-0.4, -0.2) is 30.6 Å². The summed E-state index contributed by atoms with van der Waals surface area (Å²) in [6.45, 7) is 3.86. The fraction of sp³-hybridized carbons (Fsp3) is 0.500. The number of hydrogen-bond donors (Lipinski definition) is 1. The van der Waals surface area contributed by atoms with Gasteiger partial charge in [-0.2, -0.15) is 13.2 Å². The monoisotopic (exact) mass is 296 g/mol. The van der Waals surface area contributed by atoms with E-state index < -0.39 is 11.7 Å². The summed E-state index contributed by atoms with van der Waals surface area (Å²) >= 11 is 0. The van der Waals surface area contributed by atoms with E-state index in [4.69, 9.17) is 6.42 Å². The van der Waals surface area contributed by atoms with Crippen LogP contribution in [0.4, 0.5) is 18.9 Å². The van der Waals surface area contributed by atoms with Crippen LogP contribution in [-0.2, 0) is 6.18 Å². The first kappa shape index (κ1) is 15.7. The molecule has 1 N–H and O–H groups in total. The lowest BCUT2D eigenvalue weighted by molar-refractivity contribution is -0.138. The molecule has 0 aliphatic carbocycles. The minimum Gasteiger partial charge on any atom is -0.382 e. The highest BCUT2D eigenvalue weighted by atomic mass is 19.4. The van der Waals surface area contributed by atoms with Gasteiger partial charge in [0.1, 0.15) is 0 Å². The van der Waals surface area contributed by atoms with Gasteiger partial charge in [0, 0.05) is 24.8 Å². The SMILES string of the molecule is C#CCN1CCC(Nc2ccc(C)c(C(F)(F)F)c2)CC1. The fourth-order valence-corrected chi connectivity index (χ4v) is 2.62. The van der Waals surface area contributed by atoms with Crippen LogP contribution in [0.3, 0.4) is 0 Å². The highest BCUT2D eigenvalue weighted by molar-refractivity contribution is 5.50. The average molecular weight is 296 g/mol. The number of piperidine rings is 1. The van der Waals surface area contributed by atoms with Crippen molar-refractivity contribution in [1.29, 1.82) is 0 Å². The Morgan fingerprint density at radius 3 is 2.57 bits per heavy atom. The van der Waals surface area contributed by atoms with Crippen molar-refractivity contribution in [3.63, 3.8) is 0 Å². The summed E-state index contributed by atoms with van der Waals surface area (Å²) in [5.74, 6) is 2.61. The molecule has 0 unspecified atom stereocenters. The van der Waals surface area contributed by atoms with Crippen molar-refractivity contribution in [3.05, 3.63) is 29.3 Å². The number of likely N-dealkylation sites (tertiary alicyclic amines) is 1. The number of alkyl halides is 3. The predicted octanol–water partition coefficient (Wildman–Crippen LogP) is 3.52. The number of nitrogens with one attached hydrogen (secondary N) is 1. The van der Waals surface area contributed by atoms with Gasteiger partial charge in [-0.3, -0.25) is 4.90 Å². The molecule has 0 bridgehead atoms. The van der Waals surface area contributed by atoms with Gasteiger partial charge in [0.2, 0.25) is 0 Å². The molecule has 0 radical (unpaired) electrons. The van der Waals surface area contributed by atoms with Crippen LogP contribution in [0.1, 0.15) is 24.0 Å². The topological polar surface area (TPSA) is 15.3 Å². The molecule has 1 aromatic carbocycles. The maximum atomic E-state index is 12.9. The van der Waals surface area contributed by atoms with Crippen molar-refractivity contribution < 1.29 is 13.2 Å². The summed E-state index contributed by atoms with van der Waals surface area (Å²) in [5.41, 5.74) is 0.206. The largest absolute Gasteiger partial charge is 0.416 e. The van der Waals surface area contributed by atoms with E-state index in [-0.39, 0.29) is 11.6 Å². The highest BCUT2D eigenvalue weighted by Gasteiger charge is 2.32.